The molecule has 1 saturated heterocycles. The molecule has 2 atom stereocenters. The summed E-state index contributed by atoms with van der Waals surface area (Å²) >= 11 is 0. The highest BCUT2D eigenvalue weighted by molar-refractivity contribution is 6.04. The van der Waals surface area contributed by atoms with Crippen LogP contribution >= 0.6 is 0 Å². The van der Waals surface area contributed by atoms with Gasteiger partial charge in [0, 0.05) is 25.6 Å². The predicted molar refractivity (Wildman–Crippen MR) is 137 cm³/mol. The average molecular weight is 546 g/mol. The third-order valence-electron chi connectivity index (χ3n) is 7.28. The molecule has 39 heavy (non-hydrogen) atoms. The minimum Gasteiger partial charge on any atom is -0.497 e. The summed E-state index contributed by atoms with van der Waals surface area (Å²) in [5.41, 5.74) is 1.92. The number of amides is 2. The molecule has 13 heteroatoms. The zero-order chi connectivity index (χ0) is 27.9. The van der Waals surface area contributed by atoms with Gasteiger partial charge in [0.05, 0.1) is 30.2 Å². The largest absolute Gasteiger partial charge is 0.497 e. The number of hydrogen-bond acceptors (Lipinski definition) is 6. The average Bonchev–Trinajstić information content (AvgIpc) is 3.64. The van der Waals surface area contributed by atoms with Gasteiger partial charge in [0.25, 0.3) is 5.91 Å². The molecule has 2 N–H and O–H groups in total. The first-order chi connectivity index (χ1) is 18.5. The van der Waals surface area contributed by atoms with Crippen LogP contribution in [0.3, 0.4) is 0 Å². The Kier molecular flexibility index (Phi) is 7.00. The number of carbonyl (C=O) groups is 2. The molecule has 0 radical (unpaired) electrons. The summed E-state index contributed by atoms with van der Waals surface area (Å²) in [6.07, 6.45) is -2.93. The SMILES string of the molecule is COc1cccc(C2CC(C(F)(F)F)n3nc(C(=O)Nc4c(C)nn(CC(=O)N5CCCC5)c4C)cc3N2)c1. The summed E-state index contributed by atoms with van der Waals surface area (Å²) in [6.45, 7) is 4.91. The molecule has 1 aromatic carbocycles. The van der Waals surface area contributed by atoms with E-state index in [2.05, 4.69) is 20.8 Å². The maximum absolute atomic E-state index is 14.1. The van der Waals surface area contributed by atoms with Crippen molar-refractivity contribution in [2.24, 2.45) is 0 Å². The number of fused-ring (bicyclic) bond motifs is 1. The van der Waals surface area contributed by atoms with Crippen molar-refractivity contribution >= 4 is 23.3 Å². The van der Waals surface area contributed by atoms with Crippen LogP contribution in [-0.2, 0) is 11.3 Å². The second-order valence-corrected chi connectivity index (χ2v) is 9.87. The van der Waals surface area contributed by atoms with Crippen LogP contribution in [0.1, 0.15) is 58.8 Å². The number of anilines is 2. The molecule has 2 aliphatic heterocycles. The maximum atomic E-state index is 14.1. The van der Waals surface area contributed by atoms with Gasteiger partial charge in [-0.25, -0.2) is 4.68 Å². The molecule has 3 aromatic rings. The molecule has 0 saturated carbocycles. The van der Waals surface area contributed by atoms with E-state index in [9.17, 15) is 22.8 Å². The smallest absolute Gasteiger partial charge is 0.410 e. The van der Waals surface area contributed by atoms with Gasteiger partial charge in [0.2, 0.25) is 5.91 Å². The number of carbonyl (C=O) groups excluding carboxylic acids is 2. The van der Waals surface area contributed by atoms with E-state index in [0.717, 1.165) is 30.6 Å². The van der Waals surface area contributed by atoms with E-state index in [0.29, 0.717) is 28.4 Å². The van der Waals surface area contributed by atoms with E-state index >= 15 is 0 Å². The Hall–Kier alpha value is -4.03. The predicted octanol–water partition coefficient (Wildman–Crippen LogP) is 4.24. The van der Waals surface area contributed by atoms with E-state index in [-0.39, 0.29) is 30.4 Å². The number of methoxy groups -OCH3 is 1. The van der Waals surface area contributed by atoms with Crippen molar-refractivity contribution in [2.75, 3.05) is 30.8 Å². The number of aryl methyl sites for hydroxylation is 1. The van der Waals surface area contributed by atoms with E-state index < -0.39 is 24.2 Å². The molecule has 5 rings (SSSR count). The Morgan fingerprint density at radius 1 is 1.15 bits per heavy atom. The number of nitrogens with one attached hydrogen (secondary N) is 2. The van der Waals surface area contributed by atoms with Crippen molar-refractivity contribution in [3.8, 4) is 5.75 Å². The Morgan fingerprint density at radius 2 is 1.90 bits per heavy atom. The highest BCUT2D eigenvalue weighted by Crippen LogP contribution is 2.44. The van der Waals surface area contributed by atoms with Crippen LogP contribution in [0.15, 0.2) is 30.3 Å². The van der Waals surface area contributed by atoms with Gasteiger partial charge in [-0.3, -0.25) is 14.3 Å². The lowest BCUT2D eigenvalue weighted by atomic mass is 9.97. The van der Waals surface area contributed by atoms with Crippen molar-refractivity contribution in [1.82, 2.24) is 24.5 Å². The van der Waals surface area contributed by atoms with Crippen LogP contribution in [0.5, 0.6) is 5.75 Å². The number of rotatable bonds is 6. The van der Waals surface area contributed by atoms with Gasteiger partial charge in [-0.1, -0.05) is 12.1 Å². The van der Waals surface area contributed by atoms with Crippen LogP contribution in [0.25, 0.3) is 0 Å². The maximum Gasteiger partial charge on any atom is 0.410 e. The van der Waals surface area contributed by atoms with Crippen molar-refractivity contribution in [2.45, 2.75) is 57.9 Å². The number of nitrogens with zero attached hydrogens (tertiary/aromatic N) is 5. The first kappa shape index (κ1) is 26.6. The van der Waals surface area contributed by atoms with Crippen LogP contribution < -0.4 is 15.4 Å². The minimum absolute atomic E-state index is 0.0458. The van der Waals surface area contributed by atoms with Crippen LogP contribution in [-0.4, -0.2) is 62.7 Å². The lowest BCUT2D eigenvalue weighted by molar-refractivity contribution is -0.173. The molecule has 0 spiro atoms. The van der Waals surface area contributed by atoms with E-state index in [4.69, 9.17) is 4.74 Å². The molecule has 208 valence electrons. The molecular weight excluding hydrogens is 515 g/mol. The first-order valence-electron chi connectivity index (χ1n) is 12.7. The summed E-state index contributed by atoms with van der Waals surface area (Å²) in [5, 5.41) is 14.2. The Bertz CT molecular complexity index is 1390. The molecule has 0 aliphatic carbocycles. The zero-order valence-corrected chi connectivity index (χ0v) is 21.9. The second kappa shape index (κ2) is 10.3. The van der Waals surface area contributed by atoms with Crippen molar-refractivity contribution < 1.29 is 27.5 Å². The van der Waals surface area contributed by atoms with E-state index in [1.54, 1.807) is 43.0 Å². The van der Waals surface area contributed by atoms with Crippen LogP contribution in [0, 0.1) is 13.8 Å². The zero-order valence-electron chi connectivity index (χ0n) is 21.9. The van der Waals surface area contributed by atoms with Crippen molar-refractivity contribution in [3.63, 3.8) is 0 Å². The lowest BCUT2D eigenvalue weighted by Gasteiger charge is -2.33. The summed E-state index contributed by atoms with van der Waals surface area (Å²) in [5.74, 6) is -0.103. The van der Waals surface area contributed by atoms with Gasteiger partial charge in [-0.2, -0.15) is 23.4 Å². The number of alkyl halides is 3. The monoisotopic (exact) mass is 545 g/mol. The third-order valence-corrected chi connectivity index (χ3v) is 7.28. The number of benzene rings is 1. The Balaban J connectivity index is 1.37. The standard InChI is InChI=1S/C26H30F3N7O3/c1-15-24(16(2)35(32-15)14-23(37)34-9-4-5-10-34)31-25(38)20-13-22-30-19(17-7-6-8-18(11-17)39-3)12-21(26(27,28)29)36(22)33-20/h6-8,11,13,19,21,30H,4-5,9-10,12,14H2,1-3H3,(H,31,38). The first-order valence-corrected chi connectivity index (χ1v) is 12.7. The third kappa shape index (κ3) is 5.30. The molecule has 1 fully saturated rings. The normalized spacial score (nSPS) is 19.0. The van der Waals surface area contributed by atoms with Gasteiger partial charge in [0.1, 0.15) is 18.1 Å². The Morgan fingerprint density at radius 3 is 2.59 bits per heavy atom. The molecule has 2 unspecified atom stereocenters. The molecule has 2 aromatic heterocycles. The molecule has 4 heterocycles. The van der Waals surface area contributed by atoms with E-state index in [1.807, 2.05) is 0 Å². The van der Waals surface area contributed by atoms with Crippen molar-refractivity contribution in [1.29, 1.82) is 0 Å². The van der Waals surface area contributed by atoms with Gasteiger partial charge in [-0.15, -0.1) is 0 Å². The number of likely N-dealkylation sites (tertiary alicyclic amines) is 1. The molecule has 0 bridgehead atoms. The lowest BCUT2D eigenvalue weighted by Crippen LogP contribution is -2.35. The van der Waals surface area contributed by atoms with Crippen LogP contribution in [0.2, 0.25) is 0 Å². The summed E-state index contributed by atoms with van der Waals surface area (Å²) in [7, 11) is 1.49. The van der Waals surface area contributed by atoms with Crippen LogP contribution in [0.4, 0.5) is 24.7 Å². The summed E-state index contributed by atoms with van der Waals surface area (Å²) < 4.78 is 49.8. The van der Waals surface area contributed by atoms with E-state index in [1.165, 1.54) is 17.9 Å². The number of halogens is 3. The van der Waals surface area contributed by atoms with Crippen molar-refractivity contribution in [3.05, 3.63) is 53.0 Å². The quantitative estimate of drug-likeness (QED) is 0.480. The van der Waals surface area contributed by atoms with Gasteiger partial charge < -0.3 is 20.3 Å². The minimum atomic E-state index is -4.58. The molecular formula is C26H30F3N7O3. The fourth-order valence-corrected chi connectivity index (χ4v) is 5.17. The number of aromatic nitrogens is 4. The van der Waals surface area contributed by atoms with Gasteiger partial charge in [0.15, 0.2) is 11.7 Å². The fourth-order valence-electron chi connectivity index (χ4n) is 5.17. The summed E-state index contributed by atoms with van der Waals surface area (Å²) in [4.78, 5) is 27.5. The molecule has 10 nitrogen and oxygen atoms in total. The van der Waals surface area contributed by atoms with Gasteiger partial charge in [-0.05, 0) is 44.4 Å². The molecule has 2 aliphatic rings. The number of ether oxygens (including phenoxy) is 1. The van der Waals surface area contributed by atoms with Gasteiger partial charge >= 0.3 is 6.18 Å². The fraction of sp³-hybridized carbons (Fsp3) is 0.462. The number of hydrogen-bond donors (Lipinski definition) is 2. The second-order valence-electron chi connectivity index (χ2n) is 9.87. The highest BCUT2D eigenvalue weighted by Gasteiger charge is 2.47. The molecule has 2 amide bonds. The summed E-state index contributed by atoms with van der Waals surface area (Å²) in [6, 6.07) is 5.57. The Labute approximate surface area is 223 Å². The topological polar surface area (TPSA) is 106 Å². The highest BCUT2D eigenvalue weighted by atomic mass is 19.4.